The van der Waals surface area contributed by atoms with Gasteiger partial charge in [-0.25, -0.2) is 4.98 Å². The largest absolute Gasteiger partial charge is 0.378 e. The number of ether oxygens (including phenoxy) is 1. The molecule has 2 aromatic rings. The Bertz CT molecular complexity index is 596. The standard InChI is InChI=1S/C10H8BrClN2O2S/c1-16-4-5-8(11)10(15)14-9(13-5)6-2-3-7(12)17-6/h2-3H,4H2,1H3,(H,13,14,15). The molecule has 7 heteroatoms. The number of hydrogen-bond donors (Lipinski definition) is 1. The number of nitrogens with zero attached hydrogens (tertiary/aromatic N) is 1. The number of halogens is 2. The zero-order valence-electron chi connectivity index (χ0n) is 8.79. The highest BCUT2D eigenvalue weighted by atomic mass is 79.9. The highest BCUT2D eigenvalue weighted by molar-refractivity contribution is 9.10. The lowest BCUT2D eigenvalue weighted by molar-refractivity contribution is 0.180. The molecule has 0 saturated carbocycles. The first-order chi connectivity index (χ1) is 8.11. The van der Waals surface area contributed by atoms with Crippen LogP contribution in [0, 0.1) is 0 Å². The zero-order valence-corrected chi connectivity index (χ0v) is 11.9. The minimum atomic E-state index is -0.230. The van der Waals surface area contributed by atoms with Crippen molar-refractivity contribution < 1.29 is 4.74 Å². The molecule has 17 heavy (non-hydrogen) atoms. The molecule has 2 rings (SSSR count). The quantitative estimate of drug-likeness (QED) is 0.938. The van der Waals surface area contributed by atoms with Crippen LogP contribution in [0.15, 0.2) is 21.4 Å². The van der Waals surface area contributed by atoms with Gasteiger partial charge in [0.1, 0.15) is 4.47 Å². The van der Waals surface area contributed by atoms with Crippen molar-refractivity contribution in [1.82, 2.24) is 9.97 Å². The summed E-state index contributed by atoms with van der Waals surface area (Å²) in [6, 6.07) is 3.58. The smallest absolute Gasteiger partial charge is 0.265 e. The first-order valence-corrected chi connectivity index (χ1v) is 6.64. The second kappa shape index (κ2) is 5.30. The van der Waals surface area contributed by atoms with E-state index in [4.69, 9.17) is 16.3 Å². The lowest BCUT2D eigenvalue weighted by atomic mass is 10.4. The average molecular weight is 336 g/mol. The highest BCUT2D eigenvalue weighted by Crippen LogP contribution is 2.28. The number of methoxy groups -OCH3 is 1. The summed E-state index contributed by atoms with van der Waals surface area (Å²) in [6.45, 7) is 0.274. The average Bonchev–Trinajstić information content (AvgIpc) is 2.71. The Balaban J connectivity index is 2.52. The number of thiophene rings is 1. The lowest BCUT2D eigenvalue weighted by Crippen LogP contribution is -2.13. The zero-order chi connectivity index (χ0) is 12.4. The molecule has 4 nitrogen and oxygen atoms in total. The molecule has 0 bridgehead atoms. The van der Waals surface area contributed by atoms with Gasteiger partial charge >= 0.3 is 0 Å². The van der Waals surface area contributed by atoms with E-state index in [1.807, 2.05) is 6.07 Å². The second-order valence-corrected chi connectivity index (χ2v) is 5.72. The molecule has 0 radical (unpaired) electrons. The van der Waals surface area contributed by atoms with E-state index in [-0.39, 0.29) is 12.2 Å². The summed E-state index contributed by atoms with van der Waals surface area (Å²) in [5.41, 5.74) is 0.336. The van der Waals surface area contributed by atoms with Crippen molar-refractivity contribution in [1.29, 1.82) is 0 Å². The van der Waals surface area contributed by atoms with Crippen LogP contribution in [-0.2, 0) is 11.3 Å². The van der Waals surface area contributed by atoms with Crippen LogP contribution in [-0.4, -0.2) is 17.1 Å². The van der Waals surface area contributed by atoms with Crippen molar-refractivity contribution >= 4 is 38.9 Å². The molecule has 1 N–H and O–H groups in total. The van der Waals surface area contributed by atoms with E-state index in [0.29, 0.717) is 20.3 Å². The molecule has 2 heterocycles. The Hall–Kier alpha value is -0.690. The Morgan fingerprint density at radius 2 is 2.35 bits per heavy atom. The van der Waals surface area contributed by atoms with E-state index in [1.54, 1.807) is 13.2 Å². The fraction of sp³-hybridized carbons (Fsp3) is 0.200. The number of nitrogens with one attached hydrogen (secondary N) is 1. The molecular formula is C10H8BrClN2O2S. The van der Waals surface area contributed by atoms with Crippen molar-refractivity contribution in [2.24, 2.45) is 0 Å². The molecule has 0 aliphatic heterocycles. The first kappa shape index (κ1) is 12.8. The molecule has 90 valence electrons. The van der Waals surface area contributed by atoms with Crippen LogP contribution in [0.2, 0.25) is 4.34 Å². The Morgan fingerprint density at radius 3 is 2.94 bits per heavy atom. The van der Waals surface area contributed by atoms with Gasteiger partial charge in [0.25, 0.3) is 5.56 Å². The second-order valence-electron chi connectivity index (χ2n) is 3.21. The Kier molecular flexibility index (Phi) is 3.98. The van der Waals surface area contributed by atoms with Crippen LogP contribution in [0.3, 0.4) is 0 Å². The summed E-state index contributed by atoms with van der Waals surface area (Å²) in [5.74, 6) is 0.502. The summed E-state index contributed by atoms with van der Waals surface area (Å²) in [5, 5.41) is 0. The number of rotatable bonds is 3. The Labute approximate surface area is 115 Å². The van der Waals surface area contributed by atoms with Gasteiger partial charge in [-0.3, -0.25) is 4.79 Å². The molecular weight excluding hydrogens is 328 g/mol. The normalized spacial score (nSPS) is 10.8. The van der Waals surface area contributed by atoms with Crippen molar-refractivity contribution in [3.8, 4) is 10.7 Å². The van der Waals surface area contributed by atoms with Crippen LogP contribution in [0.25, 0.3) is 10.7 Å². The van der Waals surface area contributed by atoms with Crippen molar-refractivity contribution in [3.05, 3.63) is 37.0 Å². The summed E-state index contributed by atoms with van der Waals surface area (Å²) in [6.07, 6.45) is 0. The maximum Gasteiger partial charge on any atom is 0.265 e. The molecule has 0 saturated heterocycles. The van der Waals surface area contributed by atoms with Gasteiger partial charge in [0.2, 0.25) is 0 Å². The molecule has 0 aromatic carbocycles. The Morgan fingerprint density at radius 1 is 1.59 bits per heavy atom. The fourth-order valence-corrected chi connectivity index (χ4v) is 2.59. The first-order valence-electron chi connectivity index (χ1n) is 4.65. The minimum Gasteiger partial charge on any atom is -0.378 e. The van der Waals surface area contributed by atoms with E-state index in [2.05, 4.69) is 25.9 Å². The molecule has 0 atom stereocenters. The van der Waals surface area contributed by atoms with Gasteiger partial charge in [0.15, 0.2) is 5.82 Å². The van der Waals surface area contributed by atoms with E-state index in [1.165, 1.54) is 11.3 Å². The third-order valence-corrected chi connectivity index (χ3v) is 4.07. The molecule has 0 fully saturated rings. The van der Waals surface area contributed by atoms with Crippen LogP contribution in [0.4, 0.5) is 0 Å². The van der Waals surface area contributed by atoms with Gasteiger partial charge in [-0.1, -0.05) is 11.6 Å². The van der Waals surface area contributed by atoms with Crippen LogP contribution in [0.5, 0.6) is 0 Å². The minimum absolute atomic E-state index is 0.230. The third-order valence-electron chi connectivity index (χ3n) is 2.02. The van der Waals surface area contributed by atoms with E-state index in [9.17, 15) is 4.79 Å². The van der Waals surface area contributed by atoms with Crippen LogP contribution < -0.4 is 5.56 Å². The lowest BCUT2D eigenvalue weighted by Gasteiger charge is -2.04. The van der Waals surface area contributed by atoms with Crippen molar-refractivity contribution in [2.45, 2.75) is 6.61 Å². The molecule has 0 aliphatic carbocycles. The van der Waals surface area contributed by atoms with Crippen LogP contribution in [0.1, 0.15) is 5.69 Å². The summed E-state index contributed by atoms with van der Waals surface area (Å²) >= 11 is 10.4. The highest BCUT2D eigenvalue weighted by Gasteiger charge is 2.11. The fourth-order valence-electron chi connectivity index (χ4n) is 1.30. The van der Waals surface area contributed by atoms with E-state index < -0.39 is 0 Å². The van der Waals surface area contributed by atoms with Gasteiger partial charge in [-0.2, -0.15) is 0 Å². The topological polar surface area (TPSA) is 55.0 Å². The molecule has 2 aromatic heterocycles. The van der Waals surface area contributed by atoms with Crippen LogP contribution >= 0.6 is 38.9 Å². The van der Waals surface area contributed by atoms with Gasteiger partial charge in [0, 0.05) is 7.11 Å². The van der Waals surface area contributed by atoms with Gasteiger partial charge in [-0.05, 0) is 28.1 Å². The van der Waals surface area contributed by atoms with Gasteiger partial charge in [-0.15, -0.1) is 11.3 Å². The van der Waals surface area contributed by atoms with E-state index >= 15 is 0 Å². The number of H-pyrrole nitrogens is 1. The summed E-state index contributed by atoms with van der Waals surface area (Å²) in [7, 11) is 1.55. The van der Waals surface area contributed by atoms with Crippen molar-refractivity contribution in [2.75, 3.05) is 7.11 Å². The number of aromatic amines is 1. The molecule has 0 amide bonds. The maximum absolute atomic E-state index is 11.7. The summed E-state index contributed by atoms with van der Waals surface area (Å²) < 4.78 is 6.04. The number of hydrogen-bond acceptors (Lipinski definition) is 4. The molecule has 0 unspecified atom stereocenters. The molecule has 0 spiro atoms. The predicted molar refractivity (Wildman–Crippen MR) is 71.6 cm³/mol. The SMILES string of the molecule is COCc1nc(-c2ccc(Cl)s2)[nH]c(=O)c1Br. The monoisotopic (exact) mass is 334 g/mol. The molecule has 0 aliphatic rings. The van der Waals surface area contributed by atoms with E-state index in [0.717, 1.165) is 4.88 Å². The maximum atomic E-state index is 11.7. The number of aromatic nitrogens is 2. The van der Waals surface area contributed by atoms with Crippen molar-refractivity contribution in [3.63, 3.8) is 0 Å². The summed E-state index contributed by atoms with van der Waals surface area (Å²) in [4.78, 5) is 19.5. The van der Waals surface area contributed by atoms with Gasteiger partial charge < -0.3 is 9.72 Å². The van der Waals surface area contributed by atoms with Gasteiger partial charge in [0.05, 0.1) is 21.5 Å². The predicted octanol–water partition coefficient (Wildman–Crippen LogP) is 3.06. The third kappa shape index (κ3) is 2.77.